The van der Waals surface area contributed by atoms with Crippen LogP contribution in [0.1, 0.15) is 0 Å². The Hall–Kier alpha value is -2.06. The number of methoxy groups -OCH3 is 1. The third kappa shape index (κ3) is 2.91. The molecular formula is C11H10ClN3O4S. The summed E-state index contributed by atoms with van der Waals surface area (Å²) in [5.74, 6) is 0.131. The van der Waals surface area contributed by atoms with Crippen molar-refractivity contribution in [3.8, 4) is 5.88 Å². The predicted molar refractivity (Wildman–Crippen MR) is 73.7 cm³/mol. The van der Waals surface area contributed by atoms with Crippen LogP contribution in [-0.4, -0.2) is 25.5 Å². The van der Waals surface area contributed by atoms with Crippen molar-refractivity contribution in [3.63, 3.8) is 0 Å². The van der Waals surface area contributed by atoms with Crippen molar-refractivity contribution in [2.24, 2.45) is 0 Å². The average Bonchev–Trinajstić information content (AvgIpc) is 2.42. The Morgan fingerprint density at radius 2 is 2.20 bits per heavy atom. The van der Waals surface area contributed by atoms with E-state index in [-0.39, 0.29) is 21.5 Å². The third-order valence-electron chi connectivity index (χ3n) is 2.35. The highest BCUT2D eigenvalue weighted by Gasteiger charge is 2.18. The van der Waals surface area contributed by atoms with Gasteiger partial charge in [-0.1, -0.05) is 11.6 Å². The zero-order valence-corrected chi connectivity index (χ0v) is 11.8. The first-order valence-electron chi connectivity index (χ1n) is 5.34. The van der Waals surface area contributed by atoms with Crippen molar-refractivity contribution in [2.75, 3.05) is 11.8 Å². The molecule has 0 atom stereocenters. The molecule has 0 aliphatic heterocycles. The van der Waals surface area contributed by atoms with Crippen LogP contribution in [0.3, 0.4) is 0 Å². The summed E-state index contributed by atoms with van der Waals surface area (Å²) >= 11 is 5.61. The van der Waals surface area contributed by atoms with Crippen molar-refractivity contribution in [3.05, 3.63) is 46.0 Å². The fourth-order valence-electron chi connectivity index (χ4n) is 1.43. The standard InChI is InChI=1S/C11H10ClN3O4S/c1-19-11-9(3-2-4-13-11)15-20(17,18)7-5-8(12)10(16)14-6-7/h2-6,15H,1H3,(H,14,16). The lowest BCUT2D eigenvalue weighted by molar-refractivity contribution is 0.400. The van der Waals surface area contributed by atoms with E-state index in [0.29, 0.717) is 0 Å². The van der Waals surface area contributed by atoms with E-state index in [1.165, 1.54) is 19.4 Å². The van der Waals surface area contributed by atoms with E-state index in [1.54, 1.807) is 6.07 Å². The highest BCUT2D eigenvalue weighted by molar-refractivity contribution is 7.92. The summed E-state index contributed by atoms with van der Waals surface area (Å²) in [5, 5.41) is -0.217. The van der Waals surface area contributed by atoms with Gasteiger partial charge in [0, 0.05) is 12.4 Å². The van der Waals surface area contributed by atoms with Gasteiger partial charge in [-0.2, -0.15) is 0 Å². The Balaban J connectivity index is 2.40. The number of nitrogens with one attached hydrogen (secondary N) is 2. The van der Waals surface area contributed by atoms with Crippen LogP contribution in [0.5, 0.6) is 5.88 Å². The SMILES string of the molecule is COc1ncccc1NS(=O)(=O)c1c[nH]c(=O)c(Cl)c1. The summed E-state index contributed by atoms with van der Waals surface area (Å²) in [5.41, 5.74) is -0.387. The van der Waals surface area contributed by atoms with Gasteiger partial charge in [0.05, 0.1) is 7.11 Å². The van der Waals surface area contributed by atoms with Gasteiger partial charge in [0.1, 0.15) is 15.6 Å². The minimum absolute atomic E-state index is 0.131. The zero-order chi connectivity index (χ0) is 14.8. The Morgan fingerprint density at radius 1 is 1.45 bits per heavy atom. The van der Waals surface area contributed by atoms with Crippen LogP contribution in [-0.2, 0) is 10.0 Å². The predicted octanol–water partition coefficient (Wildman–Crippen LogP) is 1.23. The number of sulfonamides is 1. The summed E-state index contributed by atoms with van der Waals surface area (Å²) in [6.07, 6.45) is 2.52. The minimum Gasteiger partial charge on any atom is -0.480 e. The number of anilines is 1. The fourth-order valence-corrected chi connectivity index (χ4v) is 2.71. The van der Waals surface area contributed by atoms with Crippen LogP contribution >= 0.6 is 11.6 Å². The quantitative estimate of drug-likeness (QED) is 0.883. The topological polar surface area (TPSA) is 101 Å². The number of hydrogen-bond acceptors (Lipinski definition) is 5. The monoisotopic (exact) mass is 315 g/mol. The van der Waals surface area contributed by atoms with Gasteiger partial charge in [-0.05, 0) is 18.2 Å². The van der Waals surface area contributed by atoms with Gasteiger partial charge in [0.15, 0.2) is 0 Å². The van der Waals surface area contributed by atoms with Crippen LogP contribution in [0.2, 0.25) is 5.02 Å². The van der Waals surface area contributed by atoms with E-state index in [2.05, 4.69) is 14.7 Å². The molecule has 2 heterocycles. The van der Waals surface area contributed by atoms with Gasteiger partial charge in [-0.25, -0.2) is 13.4 Å². The van der Waals surface area contributed by atoms with Crippen LogP contribution in [0.25, 0.3) is 0 Å². The lowest BCUT2D eigenvalue weighted by Gasteiger charge is -2.10. The molecule has 0 bridgehead atoms. The van der Waals surface area contributed by atoms with Crippen LogP contribution < -0.4 is 15.0 Å². The van der Waals surface area contributed by atoms with Crippen molar-refractivity contribution < 1.29 is 13.2 Å². The van der Waals surface area contributed by atoms with Crippen molar-refractivity contribution in [1.29, 1.82) is 0 Å². The van der Waals surface area contributed by atoms with Crippen LogP contribution in [0.15, 0.2) is 40.3 Å². The van der Waals surface area contributed by atoms with Gasteiger partial charge in [-0.3, -0.25) is 9.52 Å². The number of aromatic amines is 1. The molecule has 106 valence electrons. The maximum Gasteiger partial charge on any atom is 0.266 e. The first-order chi connectivity index (χ1) is 9.44. The number of H-pyrrole nitrogens is 1. The smallest absolute Gasteiger partial charge is 0.266 e. The minimum atomic E-state index is -3.91. The molecule has 7 nitrogen and oxygen atoms in total. The molecule has 0 saturated carbocycles. The lowest BCUT2D eigenvalue weighted by Crippen LogP contribution is -2.16. The van der Waals surface area contributed by atoms with E-state index >= 15 is 0 Å². The second-order valence-electron chi connectivity index (χ2n) is 3.68. The van der Waals surface area contributed by atoms with Gasteiger partial charge < -0.3 is 9.72 Å². The van der Waals surface area contributed by atoms with Gasteiger partial charge in [-0.15, -0.1) is 0 Å². The molecule has 0 aromatic carbocycles. The second-order valence-corrected chi connectivity index (χ2v) is 5.77. The highest BCUT2D eigenvalue weighted by atomic mass is 35.5. The molecule has 0 aliphatic rings. The molecule has 0 radical (unpaired) electrons. The molecule has 2 aromatic rings. The number of nitrogens with zero attached hydrogens (tertiary/aromatic N) is 1. The van der Waals surface area contributed by atoms with Crippen molar-refractivity contribution in [2.45, 2.75) is 4.90 Å². The number of rotatable bonds is 4. The summed E-state index contributed by atoms with van der Waals surface area (Å²) in [7, 11) is -2.54. The molecule has 20 heavy (non-hydrogen) atoms. The summed E-state index contributed by atoms with van der Waals surface area (Å²) in [6, 6.07) is 4.11. The molecule has 0 fully saturated rings. The normalized spacial score (nSPS) is 11.1. The van der Waals surface area contributed by atoms with E-state index < -0.39 is 15.6 Å². The zero-order valence-electron chi connectivity index (χ0n) is 10.3. The highest BCUT2D eigenvalue weighted by Crippen LogP contribution is 2.23. The largest absolute Gasteiger partial charge is 0.480 e. The Labute approximate surface area is 119 Å². The van der Waals surface area contributed by atoms with E-state index in [9.17, 15) is 13.2 Å². The molecule has 2 aromatic heterocycles. The molecule has 2 rings (SSSR count). The number of pyridine rings is 2. The number of hydrogen-bond donors (Lipinski definition) is 2. The Bertz CT molecular complexity index is 788. The Morgan fingerprint density at radius 3 is 2.85 bits per heavy atom. The van der Waals surface area contributed by atoms with Crippen LogP contribution in [0.4, 0.5) is 5.69 Å². The molecule has 0 aliphatic carbocycles. The molecule has 0 amide bonds. The second kappa shape index (κ2) is 5.51. The maximum atomic E-state index is 12.2. The van der Waals surface area contributed by atoms with E-state index in [0.717, 1.165) is 12.3 Å². The first-order valence-corrected chi connectivity index (χ1v) is 7.20. The summed E-state index contributed by atoms with van der Waals surface area (Å²) < 4.78 is 31.6. The summed E-state index contributed by atoms with van der Waals surface area (Å²) in [6.45, 7) is 0. The van der Waals surface area contributed by atoms with E-state index in [4.69, 9.17) is 16.3 Å². The molecule has 0 unspecified atom stereocenters. The fraction of sp³-hybridized carbons (Fsp3) is 0.0909. The molecular weight excluding hydrogens is 306 g/mol. The molecule has 9 heteroatoms. The van der Waals surface area contributed by atoms with Crippen molar-refractivity contribution >= 4 is 27.3 Å². The third-order valence-corrected chi connectivity index (χ3v) is 3.98. The lowest BCUT2D eigenvalue weighted by atomic mass is 10.4. The summed E-state index contributed by atoms with van der Waals surface area (Å²) in [4.78, 5) is 17.1. The van der Waals surface area contributed by atoms with Gasteiger partial charge in [0.2, 0.25) is 5.88 Å². The Kier molecular flexibility index (Phi) is 3.96. The maximum absolute atomic E-state index is 12.2. The first kappa shape index (κ1) is 14.4. The van der Waals surface area contributed by atoms with Gasteiger partial charge >= 0.3 is 0 Å². The van der Waals surface area contributed by atoms with E-state index in [1.807, 2.05) is 0 Å². The van der Waals surface area contributed by atoms with Gasteiger partial charge in [0.25, 0.3) is 15.6 Å². The van der Waals surface area contributed by atoms with Crippen molar-refractivity contribution in [1.82, 2.24) is 9.97 Å². The molecule has 0 saturated heterocycles. The molecule has 2 N–H and O–H groups in total. The number of aromatic nitrogens is 2. The number of ether oxygens (including phenoxy) is 1. The molecule has 0 spiro atoms. The number of halogens is 1. The average molecular weight is 316 g/mol. The van der Waals surface area contributed by atoms with Crippen LogP contribution in [0, 0.1) is 0 Å².